The highest BCUT2D eigenvalue weighted by molar-refractivity contribution is 9.10. The summed E-state index contributed by atoms with van der Waals surface area (Å²) >= 11 is 3.27. The summed E-state index contributed by atoms with van der Waals surface area (Å²) in [5.74, 6) is 0.358. The van der Waals surface area contributed by atoms with Gasteiger partial charge in [-0.3, -0.25) is 0 Å². The lowest BCUT2D eigenvalue weighted by atomic mass is 10.1. The Morgan fingerprint density at radius 3 is 2.65 bits per heavy atom. The molecular weight excluding hydrogens is 325 g/mol. The number of rotatable bonds is 2. The third kappa shape index (κ3) is 2.30. The highest BCUT2D eigenvalue weighted by Gasteiger charge is 2.14. The van der Waals surface area contributed by atoms with E-state index in [1.165, 1.54) is 12.1 Å². The second-order valence-corrected chi connectivity index (χ2v) is 4.99. The molecule has 3 rings (SSSR count). The van der Waals surface area contributed by atoms with Crippen molar-refractivity contribution in [2.45, 2.75) is 0 Å². The van der Waals surface area contributed by atoms with Crippen LogP contribution in [0.2, 0.25) is 0 Å². The number of para-hydroxylation sites is 1. The van der Waals surface area contributed by atoms with Gasteiger partial charge in [-0.25, -0.2) is 4.39 Å². The Balaban J connectivity index is 2.04. The molecule has 1 heterocycles. The lowest BCUT2D eigenvalue weighted by Gasteiger charge is -1.99. The molecular formula is C14H9BrFN3O. The summed E-state index contributed by atoms with van der Waals surface area (Å²) in [5, 5.41) is 3.91. The van der Waals surface area contributed by atoms with Gasteiger partial charge in [0.1, 0.15) is 5.82 Å². The monoisotopic (exact) mass is 333 g/mol. The molecule has 0 saturated carbocycles. The molecule has 4 nitrogen and oxygen atoms in total. The molecule has 0 radical (unpaired) electrons. The normalized spacial score (nSPS) is 10.7. The van der Waals surface area contributed by atoms with Crippen molar-refractivity contribution in [1.29, 1.82) is 0 Å². The van der Waals surface area contributed by atoms with Gasteiger partial charge in [0.2, 0.25) is 5.82 Å². The van der Waals surface area contributed by atoms with E-state index in [0.29, 0.717) is 33.0 Å². The van der Waals surface area contributed by atoms with E-state index in [-0.39, 0.29) is 5.82 Å². The summed E-state index contributed by atoms with van der Waals surface area (Å²) in [7, 11) is 0. The summed E-state index contributed by atoms with van der Waals surface area (Å²) in [6.45, 7) is 0. The molecule has 3 aromatic rings. The van der Waals surface area contributed by atoms with E-state index in [0.717, 1.165) is 0 Å². The van der Waals surface area contributed by atoms with Crippen LogP contribution in [0.25, 0.3) is 22.8 Å². The number of anilines is 1. The van der Waals surface area contributed by atoms with Crippen molar-refractivity contribution >= 4 is 21.6 Å². The highest BCUT2D eigenvalue weighted by atomic mass is 79.9. The summed E-state index contributed by atoms with van der Waals surface area (Å²) in [6.07, 6.45) is 0. The fourth-order valence-electron chi connectivity index (χ4n) is 1.81. The molecule has 0 spiro atoms. The Morgan fingerprint density at radius 2 is 1.90 bits per heavy atom. The Kier molecular flexibility index (Phi) is 3.23. The van der Waals surface area contributed by atoms with Crippen molar-refractivity contribution in [3.63, 3.8) is 0 Å². The topological polar surface area (TPSA) is 64.9 Å². The van der Waals surface area contributed by atoms with E-state index in [9.17, 15) is 4.39 Å². The van der Waals surface area contributed by atoms with E-state index in [1.807, 2.05) is 18.2 Å². The predicted molar refractivity (Wildman–Crippen MR) is 77.2 cm³/mol. The SMILES string of the molecule is Nc1ccccc1-c1noc(-c2ccc(F)cc2Br)n1. The first-order valence-electron chi connectivity index (χ1n) is 5.79. The van der Waals surface area contributed by atoms with E-state index >= 15 is 0 Å². The van der Waals surface area contributed by atoms with Crippen molar-refractivity contribution < 1.29 is 8.91 Å². The molecule has 0 bridgehead atoms. The number of nitrogens with zero attached hydrogens (tertiary/aromatic N) is 2. The Hall–Kier alpha value is -2.21. The fraction of sp³-hybridized carbons (Fsp3) is 0. The zero-order chi connectivity index (χ0) is 14.1. The molecule has 6 heteroatoms. The summed E-state index contributed by atoms with van der Waals surface area (Å²) in [6, 6.07) is 11.5. The van der Waals surface area contributed by atoms with Crippen molar-refractivity contribution in [1.82, 2.24) is 10.1 Å². The van der Waals surface area contributed by atoms with Crippen LogP contribution in [0.5, 0.6) is 0 Å². The molecule has 2 N–H and O–H groups in total. The van der Waals surface area contributed by atoms with Gasteiger partial charge in [-0.2, -0.15) is 4.98 Å². The van der Waals surface area contributed by atoms with E-state index in [4.69, 9.17) is 10.3 Å². The molecule has 100 valence electrons. The van der Waals surface area contributed by atoms with Crippen LogP contribution < -0.4 is 5.73 Å². The first kappa shape index (κ1) is 12.8. The third-order valence-corrected chi connectivity index (χ3v) is 3.45. The van der Waals surface area contributed by atoms with Crippen LogP contribution in [-0.2, 0) is 0 Å². The molecule has 0 saturated heterocycles. The van der Waals surface area contributed by atoms with Gasteiger partial charge in [-0.15, -0.1) is 0 Å². The number of nitrogen functional groups attached to an aromatic ring is 1. The van der Waals surface area contributed by atoms with Crippen LogP contribution in [-0.4, -0.2) is 10.1 Å². The zero-order valence-electron chi connectivity index (χ0n) is 10.2. The van der Waals surface area contributed by atoms with Crippen LogP contribution in [0, 0.1) is 5.82 Å². The van der Waals surface area contributed by atoms with Crippen LogP contribution in [0.4, 0.5) is 10.1 Å². The maximum Gasteiger partial charge on any atom is 0.259 e. The minimum absolute atomic E-state index is 0.301. The van der Waals surface area contributed by atoms with Crippen molar-refractivity contribution in [3.8, 4) is 22.8 Å². The van der Waals surface area contributed by atoms with Gasteiger partial charge in [0, 0.05) is 15.7 Å². The van der Waals surface area contributed by atoms with Crippen LogP contribution in [0.1, 0.15) is 0 Å². The molecule has 1 aromatic heterocycles. The summed E-state index contributed by atoms with van der Waals surface area (Å²) in [5.41, 5.74) is 7.76. The average Bonchev–Trinajstić information content (AvgIpc) is 2.88. The number of nitrogens with two attached hydrogens (primary N) is 1. The van der Waals surface area contributed by atoms with E-state index in [2.05, 4.69) is 26.1 Å². The molecule has 0 aliphatic heterocycles. The van der Waals surface area contributed by atoms with Crippen LogP contribution in [0.3, 0.4) is 0 Å². The summed E-state index contributed by atoms with van der Waals surface area (Å²) in [4.78, 5) is 4.29. The molecule has 20 heavy (non-hydrogen) atoms. The van der Waals surface area contributed by atoms with Crippen molar-refractivity contribution in [2.75, 3.05) is 5.73 Å². The van der Waals surface area contributed by atoms with Crippen LogP contribution >= 0.6 is 15.9 Å². The standard InChI is InChI=1S/C14H9BrFN3O/c15-11-7-8(16)5-6-9(11)14-18-13(19-20-14)10-3-1-2-4-12(10)17/h1-7H,17H2. The Morgan fingerprint density at radius 1 is 1.10 bits per heavy atom. The maximum absolute atomic E-state index is 13.1. The van der Waals surface area contributed by atoms with Gasteiger partial charge < -0.3 is 10.3 Å². The number of hydrogen-bond acceptors (Lipinski definition) is 4. The van der Waals surface area contributed by atoms with Crippen molar-refractivity contribution in [2.24, 2.45) is 0 Å². The maximum atomic E-state index is 13.1. The van der Waals surface area contributed by atoms with Gasteiger partial charge in [-0.1, -0.05) is 17.3 Å². The van der Waals surface area contributed by atoms with Gasteiger partial charge in [0.25, 0.3) is 5.89 Å². The molecule has 0 unspecified atom stereocenters. The minimum atomic E-state index is -0.340. The minimum Gasteiger partial charge on any atom is -0.398 e. The van der Waals surface area contributed by atoms with Gasteiger partial charge >= 0.3 is 0 Å². The first-order chi connectivity index (χ1) is 9.65. The molecule has 0 aliphatic carbocycles. The first-order valence-corrected chi connectivity index (χ1v) is 6.58. The van der Waals surface area contributed by atoms with E-state index in [1.54, 1.807) is 12.1 Å². The lowest BCUT2D eigenvalue weighted by molar-refractivity contribution is 0.432. The smallest absolute Gasteiger partial charge is 0.259 e. The Bertz CT molecular complexity index is 773. The fourth-order valence-corrected chi connectivity index (χ4v) is 2.33. The average molecular weight is 334 g/mol. The lowest BCUT2D eigenvalue weighted by Crippen LogP contribution is -1.90. The largest absolute Gasteiger partial charge is 0.398 e. The van der Waals surface area contributed by atoms with Gasteiger partial charge in [0.05, 0.1) is 5.56 Å². The van der Waals surface area contributed by atoms with Crippen molar-refractivity contribution in [3.05, 3.63) is 52.8 Å². The second kappa shape index (κ2) is 5.05. The Labute approximate surface area is 122 Å². The number of halogens is 2. The highest BCUT2D eigenvalue weighted by Crippen LogP contribution is 2.30. The molecule has 0 amide bonds. The molecule has 2 aromatic carbocycles. The molecule has 0 fully saturated rings. The number of hydrogen-bond donors (Lipinski definition) is 1. The van der Waals surface area contributed by atoms with Gasteiger partial charge in [-0.05, 0) is 46.3 Å². The number of benzene rings is 2. The third-order valence-electron chi connectivity index (χ3n) is 2.79. The predicted octanol–water partition coefficient (Wildman–Crippen LogP) is 3.89. The van der Waals surface area contributed by atoms with E-state index < -0.39 is 0 Å². The summed E-state index contributed by atoms with van der Waals surface area (Å²) < 4.78 is 18.8. The molecule has 0 atom stereocenters. The van der Waals surface area contributed by atoms with Gasteiger partial charge in [0.15, 0.2) is 0 Å². The second-order valence-electron chi connectivity index (χ2n) is 4.13. The quantitative estimate of drug-likeness (QED) is 0.722. The zero-order valence-corrected chi connectivity index (χ0v) is 11.8. The molecule has 0 aliphatic rings. The number of aromatic nitrogens is 2. The van der Waals surface area contributed by atoms with Crippen LogP contribution in [0.15, 0.2) is 51.5 Å².